The fraction of sp³-hybridized carbons (Fsp3) is 0.345. The summed E-state index contributed by atoms with van der Waals surface area (Å²) in [5.41, 5.74) is 3.37. The van der Waals surface area contributed by atoms with Gasteiger partial charge < -0.3 is 26.0 Å². The molecule has 0 heterocycles. The zero-order valence-electron chi connectivity index (χ0n) is 20.7. The minimum absolute atomic E-state index is 0.000181. The first kappa shape index (κ1) is 26.3. The lowest BCUT2D eigenvalue weighted by molar-refractivity contribution is -0.120. The predicted molar refractivity (Wildman–Crippen MR) is 139 cm³/mol. The largest absolute Gasteiger partial charge is 0.508 e. The zero-order valence-corrected chi connectivity index (χ0v) is 20.7. The molecule has 5 N–H and O–H groups in total. The fourth-order valence-corrected chi connectivity index (χ4v) is 4.14. The maximum absolute atomic E-state index is 12.5. The summed E-state index contributed by atoms with van der Waals surface area (Å²) in [6, 6.07) is 22.3. The fourth-order valence-electron chi connectivity index (χ4n) is 4.14. The summed E-state index contributed by atoms with van der Waals surface area (Å²) in [6.45, 7) is 7.05. The summed E-state index contributed by atoms with van der Waals surface area (Å²) in [5, 5.41) is 36.2. The SMILES string of the molecule is CC(CNC(=O)Cc1cccc(CC(C)(C)NCC(O)c2cc(O)cc(O)c2)c1)c1ccccc1. The quantitative estimate of drug-likeness (QED) is 0.285. The van der Waals surface area contributed by atoms with Gasteiger partial charge in [0.15, 0.2) is 0 Å². The number of phenols is 2. The molecule has 0 radical (unpaired) electrons. The molecule has 0 aromatic heterocycles. The second-order valence-corrected chi connectivity index (χ2v) is 9.85. The number of amides is 1. The van der Waals surface area contributed by atoms with Gasteiger partial charge in [-0.1, -0.05) is 61.5 Å². The van der Waals surface area contributed by atoms with Crippen LogP contribution in [0.1, 0.15) is 55.0 Å². The third-order valence-corrected chi connectivity index (χ3v) is 6.06. The van der Waals surface area contributed by atoms with E-state index in [0.29, 0.717) is 24.9 Å². The number of aliphatic hydroxyl groups is 1. The van der Waals surface area contributed by atoms with E-state index in [-0.39, 0.29) is 35.4 Å². The molecular formula is C29H36N2O4. The van der Waals surface area contributed by atoms with E-state index in [9.17, 15) is 20.1 Å². The smallest absolute Gasteiger partial charge is 0.224 e. The second-order valence-electron chi connectivity index (χ2n) is 9.85. The molecule has 0 fully saturated rings. The Balaban J connectivity index is 1.51. The number of β-amino-alcohol motifs (C(OH)–C–C–N with tert-alkyl or cyclic N) is 1. The molecule has 2 unspecified atom stereocenters. The monoisotopic (exact) mass is 476 g/mol. The highest BCUT2D eigenvalue weighted by molar-refractivity contribution is 5.78. The average molecular weight is 477 g/mol. The van der Waals surface area contributed by atoms with Crippen LogP contribution in [0.5, 0.6) is 11.5 Å². The first-order valence-corrected chi connectivity index (χ1v) is 12.0. The number of aromatic hydroxyl groups is 2. The highest BCUT2D eigenvalue weighted by Crippen LogP contribution is 2.25. The van der Waals surface area contributed by atoms with Crippen molar-refractivity contribution in [3.05, 3.63) is 95.1 Å². The lowest BCUT2D eigenvalue weighted by Gasteiger charge is -2.28. The minimum atomic E-state index is -0.874. The molecule has 3 rings (SSSR count). The van der Waals surface area contributed by atoms with Gasteiger partial charge in [0.25, 0.3) is 0 Å². The lowest BCUT2D eigenvalue weighted by atomic mass is 9.93. The Kier molecular flexibility index (Phi) is 8.90. The van der Waals surface area contributed by atoms with Crippen molar-refractivity contribution < 1.29 is 20.1 Å². The normalized spacial score (nSPS) is 13.3. The molecule has 3 aromatic carbocycles. The summed E-state index contributed by atoms with van der Waals surface area (Å²) >= 11 is 0. The van der Waals surface area contributed by atoms with E-state index in [2.05, 4.69) is 29.7 Å². The molecule has 3 aromatic rings. The summed E-state index contributed by atoms with van der Waals surface area (Å²) in [7, 11) is 0. The van der Waals surface area contributed by atoms with E-state index < -0.39 is 6.10 Å². The number of phenolic OH excluding ortho intramolecular Hbond substituents is 2. The van der Waals surface area contributed by atoms with Crippen LogP contribution in [0.4, 0.5) is 0 Å². The Morgan fingerprint density at radius 2 is 1.51 bits per heavy atom. The van der Waals surface area contributed by atoms with Gasteiger partial charge in [-0.15, -0.1) is 0 Å². The van der Waals surface area contributed by atoms with Crippen LogP contribution in [0.15, 0.2) is 72.8 Å². The summed E-state index contributed by atoms with van der Waals surface area (Å²) < 4.78 is 0. The van der Waals surface area contributed by atoms with Gasteiger partial charge >= 0.3 is 0 Å². The summed E-state index contributed by atoms with van der Waals surface area (Å²) in [5.74, 6) is 0.0692. The molecule has 0 bridgehead atoms. The molecule has 0 saturated heterocycles. The van der Waals surface area contributed by atoms with Crippen LogP contribution < -0.4 is 10.6 Å². The van der Waals surface area contributed by atoms with Crippen LogP contribution in [0, 0.1) is 0 Å². The third-order valence-electron chi connectivity index (χ3n) is 6.06. The van der Waals surface area contributed by atoms with Gasteiger partial charge in [-0.25, -0.2) is 0 Å². The first-order valence-electron chi connectivity index (χ1n) is 12.0. The van der Waals surface area contributed by atoms with Crippen molar-refractivity contribution in [2.24, 2.45) is 0 Å². The molecule has 35 heavy (non-hydrogen) atoms. The van der Waals surface area contributed by atoms with E-state index >= 15 is 0 Å². The van der Waals surface area contributed by atoms with Crippen LogP contribution in [0.2, 0.25) is 0 Å². The number of carbonyl (C=O) groups excluding carboxylic acids is 1. The predicted octanol–water partition coefficient (Wildman–Crippen LogP) is 4.20. The van der Waals surface area contributed by atoms with E-state index in [1.807, 2.05) is 56.3 Å². The van der Waals surface area contributed by atoms with Gasteiger partial charge in [0.2, 0.25) is 5.91 Å². The lowest BCUT2D eigenvalue weighted by Crippen LogP contribution is -2.43. The number of hydrogen-bond acceptors (Lipinski definition) is 5. The zero-order chi connectivity index (χ0) is 25.4. The molecule has 0 aliphatic carbocycles. The summed E-state index contributed by atoms with van der Waals surface area (Å²) in [4.78, 5) is 12.5. The number of rotatable bonds is 11. The highest BCUT2D eigenvalue weighted by atomic mass is 16.3. The number of hydrogen-bond donors (Lipinski definition) is 5. The minimum Gasteiger partial charge on any atom is -0.508 e. The molecule has 186 valence electrons. The Labute approximate surface area is 207 Å². The Hall–Kier alpha value is -3.35. The van der Waals surface area contributed by atoms with E-state index in [0.717, 1.165) is 11.1 Å². The number of carbonyl (C=O) groups is 1. The molecule has 0 spiro atoms. The van der Waals surface area contributed by atoms with Crippen molar-refractivity contribution in [3.63, 3.8) is 0 Å². The van der Waals surface area contributed by atoms with Crippen molar-refractivity contribution in [1.82, 2.24) is 10.6 Å². The molecule has 1 amide bonds. The van der Waals surface area contributed by atoms with Crippen LogP contribution in [-0.4, -0.2) is 39.9 Å². The molecule has 0 saturated carbocycles. The van der Waals surface area contributed by atoms with Gasteiger partial charge in [0, 0.05) is 24.7 Å². The van der Waals surface area contributed by atoms with Crippen molar-refractivity contribution in [1.29, 1.82) is 0 Å². The highest BCUT2D eigenvalue weighted by Gasteiger charge is 2.21. The van der Waals surface area contributed by atoms with Gasteiger partial charge in [-0.2, -0.15) is 0 Å². The van der Waals surface area contributed by atoms with Gasteiger partial charge in [0.1, 0.15) is 11.5 Å². The van der Waals surface area contributed by atoms with E-state index in [1.165, 1.54) is 23.8 Å². The Morgan fingerprint density at radius 3 is 2.20 bits per heavy atom. The van der Waals surface area contributed by atoms with Crippen molar-refractivity contribution in [2.45, 2.75) is 51.2 Å². The van der Waals surface area contributed by atoms with Crippen molar-refractivity contribution >= 4 is 5.91 Å². The topological polar surface area (TPSA) is 102 Å². The molecule has 6 heteroatoms. The van der Waals surface area contributed by atoms with Crippen LogP contribution in [0.3, 0.4) is 0 Å². The van der Waals surface area contributed by atoms with Gasteiger partial charge in [-0.05, 0) is 60.6 Å². The standard InChI is InChI=1S/C29H36N2O4/c1-20(23-10-5-4-6-11-23)18-30-28(35)13-21-8-7-9-22(12-21)17-29(2,3)31-19-27(34)24-14-25(32)16-26(33)15-24/h4-12,14-16,20,27,31-34H,13,17-19H2,1-3H3,(H,30,35). The maximum Gasteiger partial charge on any atom is 0.224 e. The Morgan fingerprint density at radius 1 is 0.857 bits per heavy atom. The average Bonchev–Trinajstić information content (AvgIpc) is 2.81. The molecule has 6 nitrogen and oxygen atoms in total. The van der Waals surface area contributed by atoms with Crippen LogP contribution in [0.25, 0.3) is 0 Å². The molecule has 2 atom stereocenters. The van der Waals surface area contributed by atoms with Gasteiger partial charge in [-0.3, -0.25) is 4.79 Å². The molecule has 0 aliphatic rings. The Bertz CT molecular complexity index is 1090. The van der Waals surface area contributed by atoms with Gasteiger partial charge in [0.05, 0.1) is 12.5 Å². The van der Waals surface area contributed by atoms with Crippen molar-refractivity contribution in [2.75, 3.05) is 13.1 Å². The maximum atomic E-state index is 12.5. The number of benzene rings is 3. The van der Waals surface area contributed by atoms with Crippen LogP contribution >= 0.6 is 0 Å². The van der Waals surface area contributed by atoms with Crippen LogP contribution in [-0.2, 0) is 17.6 Å². The number of aliphatic hydroxyl groups excluding tert-OH is 1. The number of nitrogens with one attached hydrogen (secondary N) is 2. The summed E-state index contributed by atoms with van der Waals surface area (Å²) in [6.07, 6.45) is 0.148. The molecular weight excluding hydrogens is 440 g/mol. The molecule has 0 aliphatic heterocycles. The first-order chi connectivity index (χ1) is 16.6. The van der Waals surface area contributed by atoms with Crippen molar-refractivity contribution in [3.8, 4) is 11.5 Å². The second kappa shape index (κ2) is 11.9. The van der Waals surface area contributed by atoms with E-state index in [1.54, 1.807) is 0 Å². The van der Waals surface area contributed by atoms with E-state index in [4.69, 9.17) is 0 Å². The third kappa shape index (κ3) is 8.42.